The number of benzene rings is 3. The number of methoxy groups -OCH3 is 1. The van der Waals surface area contributed by atoms with Gasteiger partial charge in [0.2, 0.25) is 0 Å². The summed E-state index contributed by atoms with van der Waals surface area (Å²) < 4.78 is 6.04. The van der Waals surface area contributed by atoms with Crippen LogP contribution in [0.25, 0.3) is 0 Å². The third-order valence-corrected chi connectivity index (χ3v) is 5.72. The molecule has 0 heterocycles. The number of nitrogens with zero attached hydrogens (tertiary/aromatic N) is 1. The van der Waals surface area contributed by atoms with Gasteiger partial charge < -0.3 is 15.0 Å². The summed E-state index contributed by atoms with van der Waals surface area (Å²) in [5.41, 5.74) is 2.22. The number of amides is 2. The Morgan fingerprint density at radius 2 is 1.72 bits per heavy atom. The lowest BCUT2D eigenvalue weighted by Gasteiger charge is -2.23. The highest BCUT2D eigenvalue weighted by Gasteiger charge is 2.20. The van der Waals surface area contributed by atoms with Gasteiger partial charge in [0.25, 0.3) is 11.8 Å². The van der Waals surface area contributed by atoms with Crippen LogP contribution in [-0.2, 0) is 0 Å². The second-order valence-corrected chi connectivity index (χ2v) is 8.26. The molecule has 0 atom stereocenters. The second-order valence-electron chi connectivity index (χ2n) is 6.69. The van der Waals surface area contributed by atoms with Crippen LogP contribution in [0, 0.1) is 3.57 Å². The molecule has 0 aliphatic carbocycles. The maximum atomic E-state index is 13.3. The Morgan fingerprint density at radius 1 is 1.03 bits per heavy atom. The summed E-state index contributed by atoms with van der Waals surface area (Å²) in [6, 6.07) is 21.6. The number of rotatable bonds is 6. The highest BCUT2D eigenvalue weighted by molar-refractivity contribution is 14.1. The highest BCUT2D eigenvalue weighted by Crippen LogP contribution is 2.23. The van der Waals surface area contributed by atoms with Gasteiger partial charge in [-0.25, -0.2) is 0 Å². The molecule has 0 aliphatic rings. The molecule has 2 amide bonds. The standard InChI is InChI=1S/C24H22IN3O3S/c1-3-28(17-9-5-4-6-10-17)23(30)18-11-7-8-12-20(18)26-24(32)27-22(29)16-13-14-21(31-2)19(25)15-16/h4-15H,3H2,1-2H3,(H2,26,27,29,32). The van der Waals surface area contributed by atoms with Crippen LogP contribution in [-0.4, -0.2) is 30.6 Å². The van der Waals surface area contributed by atoms with Crippen molar-refractivity contribution < 1.29 is 14.3 Å². The van der Waals surface area contributed by atoms with Crippen LogP contribution in [0.3, 0.4) is 0 Å². The SMILES string of the molecule is CCN(C(=O)c1ccccc1NC(=S)NC(=O)c1ccc(OC)c(I)c1)c1ccccc1. The third-order valence-electron chi connectivity index (χ3n) is 4.68. The Kier molecular flexibility index (Phi) is 8.18. The van der Waals surface area contributed by atoms with Crippen molar-refractivity contribution in [1.82, 2.24) is 5.32 Å². The van der Waals surface area contributed by atoms with Crippen LogP contribution in [0.5, 0.6) is 5.75 Å². The van der Waals surface area contributed by atoms with E-state index in [1.165, 1.54) is 0 Å². The molecule has 0 saturated carbocycles. The van der Waals surface area contributed by atoms with E-state index in [-0.39, 0.29) is 16.9 Å². The van der Waals surface area contributed by atoms with E-state index < -0.39 is 0 Å². The zero-order chi connectivity index (χ0) is 23.1. The number of anilines is 2. The zero-order valence-corrected chi connectivity index (χ0v) is 20.6. The molecule has 3 aromatic carbocycles. The average molecular weight is 559 g/mol. The summed E-state index contributed by atoms with van der Waals surface area (Å²) in [7, 11) is 1.58. The first-order valence-electron chi connectivity index (χ1n) is 9.86. The van der Waals surface area contributed by atoms with E-state index in [1.807, 2.05) is 37.3 Å². The summed E-state index contributed by atoms with van der Waals surface area (Å²) in [5.74, 6) is 0.168. The molecule has 6 nitrogen and oxygen atoms in total. The number of halogens is 1. The molecule has 0 saturated heterocycles. The minimum atomic E-state index is -0.355. The van der Waals surface area contributed by atoms with Gasteiger partial charge in [-0.1, -0.05) is 30.3 Å². The fraction of sp³-hybridized carbons (Fsp3) is 0.125. The Labute approximate surface area is 206 Å². The summed E-state index contributed by atoms with van der Waals surface area (Å²) in [6.07, 6.45) is 0. The van der Waals surface area contributed by atoms with Gasteiger partial charge in [-0.2, -0.15) is 0 Å². The predicted molar refractivity (Wildman–Crippen MR) is 140 cm³/mol. The topological polar surface area (TPSA) is 70.7 Å². The van der Waals surface area contributed by atoms with Gasteiger partial charge in [0, 0.05) is 17.8 Å². The Bertz CT molecular complexity index is 1140. The molecule has 164 valence electrons. The van der Waals surface area contributed by atoms with Gasteiger partial charge in [0.05, 0.1) is 21.9 Å². The van der Waals surface area contributed by atoms with Gasteiger partial charge in [-0.3, -0.25) is 14.9 Å². The number of hydrogen-bond acceptors (Lipinski definition) is 4. The predicted octanol–water partition coefficient (Wildman–Crippen LogP) is 5.09. The first-order valence-corrected chi connectivity index (χ1v) is 11.3. The molecule has 0 radical (unpaired) electrons. The minimum Gasteiger partial charge on any atom is -0.496 e. The highest BCUT2D eigenvalue weighted by atomic mass is 127. The summed E-state index contributed by atoms with van der Waals surface area (Å²) in [5, 5.41) is 5.75. The van der Waals surface area contributed by atoms with Gasteiger partial charge >= 0.3 is 0 Å². The van der Waals surface area contributed by atoms with E-state index in [9.17, 15) is 9.59 Å². The summed E-state index contributed by atoms with van der Waals surface area (Å²) >= 11 is 7.43. The molecule has 0 unspecified atom stereocenters. The number of carbonyl (C=O) groups excluding carboxylic acids is 2. The maximum absolute atomic E-state index is 13.3. The molecule has 0 aromatic heterocycles. The van der Waals surface area contributed by atoms with E-state index in [4.69, 9.17) is 17.0 Å². The number of carbonyl (C=O) groups is 2. The van der Waals surface area contributed by atoms with Crippen molar-refractivity contribution in [3.8, 4) is 5.75 Å². The largest absolute Gasteiger partial charge is 0.496 e. The molecule has 3 aromatic rings. The van der Waals surface area contributed by atoms with E-state index in [1.54, 1.807) is 54.5 Å². The Morgan fingerprint density at radius 3 is 2.38 bits per heavy atom. The molecular weight excluding hydrogens is 537 g/mol. The molecule has 0 spiro atoms. The lowest BCUT2D eigenvalue weighted by atomic mass is 10.1. The average Bonchev–Trinajstić information content (AvgIpc) is 2.80. The molecule has 0 fully saturated rings. The summed E-state index contributed by atoms with van der Waals surface area (Å²) in [6.45, 7) is 2.43. The maximum Gasteiger partial charge on any atom is 0.260 e. The van der Waals surface area contributed by atoms with Gasteiger partial charge in [0.1, 0.15) is 5.75 Å². The van der Waals surface area contributed by atoms with Crippen LogP contribution in [0.1, 0.15) is 27.6 Å². The lowest BCUT2D eigenvalue weighted by molar-refractivity contribution is 0.0974. The summed E-state index contributed by atoms with van der Waals surface area (Å²) in [4.78, 5) is 27.5. The van der Waals surface area contributed by atoms with Crippen LogP contribution < -0.4 is 20.3 Å². The third kappa shape index (κ3) is 5.63. The molecule has 3 rings (SSSR count). The molecule has 8 heteroatoms. The van der Waals surface area contributed by atoms with Crippen molar-refractivity contribution in [3.63, 3.8) is 0 Å². The number of para-hydroxylation sites is 2. The minimum absolute atomic E-state index is 0.101. The normalized spacial score (nSPS) is 10.2. The van der Waals surface area contributed by atoms with Gasteiger partial charge in [-0.05, 0) is 84.2 Å². The lowest BCUT2D eigenvalue weighted by Crippen LogP contribution is -2.35. The van der Waals surface area contributed by atoms with Crippen LogP contribution in [0.15, 0.2) is 72.8 Å². The monoisotopic (exact) mass is 559 g/mol. The smallest absolute Gasteiger partial charge is 0.260 e. The quantitative estimate of drug-likeness (QED) is 0.325. The fourth-order valence-corrected chi connectivity index (χ4v) is 4.05. The van der Waals surface area contributed by atoms with Gasteiger partial charge in [0.15, 0.2) is 5.11 Å². The zero-order valence-electron chi connectivity index (χ0n) is 17.6. The van der Waals surface area contributed by atoms with Crippen molar-refractivity contribution in [2.45, 2.75) is 6.92 Å². The van der Waals surface area contributed by atoms with E-state index in [0.29, 0.717) is 29.1 Å². The molecule has 0 aliphatic heterocycles. The van der Waals surface area contributed by atoms with E-state index in [2.05, 4.69) is 33.2 Å². The van der Waals surface area contributed by atoms with Crippen LogP contribution in [0.2, 0.25) is 0 Å². The second kappa shape index (κ2) is 11.1. The molecule has 2 N–H and O–H groups in total. The van der Waals surface area contributed by atoms with Crippen LogP contribution in [0.4, 0.5) is 11.4 Å². The number of ether oxygens (including phenoxy) is 1. The van der Waals surface area contributed by atoms with Crippen molar-refractivity contribution in [1.29, 1.82) is 0 Å². The van der Waals surface area contributed by atoms with Gasteiger partial charge in [-0.15, -0.1) is 0 Å². The van der Waals surface area contributed by atoms with Crippen molar-refractivity contribution >= 4 is 63.1 Å². The first-order chi connectivity index (χ1) is 15.4. The first kappa shape index (κ1) is 23.7. The van der Waals surface area contributed by atoms with E-state index >= 15 is 0 Å². The van der Waals surface area contributed by atoms with E-state index in [0.717, 1.165) is 9.26 Å². The molecule has 32 heavy (non-hydrogen) atoms. The molecule has 0 bridgehead atoms. The van der Waals surface area contributed by atoms with Crippen molar-refractivity contribution in [3.05, 3.63) is 87.5 Å². The van der Waals surface area contributed by atoms with Crippen molar-refractivity contribution in [2.24, 2.45) is 0 Å². The number of thiocarbonyl (C=S) groups is 1. The Hall–Kier alpha value is -2.98. The number of nitrogens with one attached hydrogen (secondary N) is 2. The van der Waals surface area contributed by atoms with Crippen molar-refractivity contribution in [2.75, 3.05) is 23.9 Å². The number of hydrogen-bond donors (Lipinski definition) is 2. The Balaban J connectivity index is 1.75. The van der Waals surface area contributed by atoms with Crippen LogP contribution >= 0.6 is 34.8 Å². The molecular formula is C24H22IN3O3S. The fourth-order valence-electron chi connectivity index (χ4n) is 3.11.